The molecular weight excluding hydrogens is 353 g/mol. The van der Waals surface area contributed by atoms with Gasteiger partial charge in [0.05, 0.1) is 11.4 Å². The fourth-order valence-electron chi connectivity index (χ4n) is 2.90. The minimum atomic E-state index is -0.353. The van der Waals surface area contributed by atoms with Gasteiger partial charge in [0, 0.05) is 11.3 Å². The van der Waals surface area contributed by atoms with Gasteiger partial charge in [-0.15, -0.1) is 0 Å². The molecule has 28 heavy (non-hydrogen) atoms. The SMILES string of the molecule is Cc1ccc(-n2nc(-c3ccccc3)cc2C(=O)Nc2ccc(F)cc2)cc1. The Balaban J connectivity index is 1.75. The normalized spacial score (nSPS) is 10.6. The number of amides is 1. The molecule has 4 aromatic rings. The van der Waals surface area contributed by atoms with Crippen molar-refractivity contribution in [2.75, 3.05) is 5.32 Å². The van der Waals surface area contributed by atoms with E-state index in [0.717, 1.165) is 16.8 Å². The Hall–Kier alpha value is -3.73. The lowest BCUT2D eigenvalue weighted by Gasteiger charge is -2.09. The van der Waals surface area contributed by atoms with Gasteiger partial charge in [-0.25, -0.2) is 9.07 Å². The molecule has 4 rings (SSSR count). The third-order valence-electron chi connectivity index (χ3n) is 4.39. The third-order valence-corrected chi connectivity index (χ3v) is 4.39. The van der Waals surface area contributed by atoms with Crippen molar-refractivity contribution in [1.82, 2.24) is 9.78 Å². The Labute approximate surface area is 162 Å². The zero-order chi connectivity index (χ0) is 19.5. The van der Waals surface area contributed by atoms with E-state index in [1.165, 1.54) is 24.3 Å². The zero-order valence-corrected chi connectivity index (χ0v) is 15.3. The molecule has 0 aliphatic heterocycles. The van der Waals surface area contributed by atoms with Crippen LogP contribution >= 0.6 is 0 Å². The van der Waals surface area contributed by atoms with Crippen molar-refractivity contribution in [1.29, 1.82) is 0 Å². The van der Waals surface area contributed by atoms with Crippen molar-refractivity contribution in [2.24, 2.45) is 0 Å². The minimum Gasteiger partial charge on any atom is -0.321 e. The molecular formula is C23H18FN3O. The first-order valence-corrected chi connectivity index (χ1v) is 8.89. The summed E-state index contributed by atoms with van der Waals surface area (Å²) in [5.41, 5.74) is 4.44. The van der Waals surface area contributed by atoms with Crippen molar-refractivity contribution < 1.29 is 9.18 Å². The Morgan fingerprint density at radius 1 is 0.929 bits per heavy atom. The second-order valence-corrected chi connectivity index (χ2v) is 6.49. The number of carbonyl (C=O) groups is 1. The van der Waals surface area contributed by atoms with E-state index in [1.807, 2.05) is 61.5 Å². The molecule has 0 saturated heterocycles. The molecule has 0 atom stereocenters. The van der Waals surface area contributed by atoms with Crippen LogP contribution in [0.4, 0.5) is 10.1 Å². The number of benzene rings is 3. The number of nitrogens with one attached hydrogen (secondary N) is 1. The third kappa shape index (κ3) is 3.69. The Bertz CT molecular complexity index is 1100. The molecule has 0 fully saturated rings. The summed E-state index contributed by atoms with van der Waals surface area (Å²) in [7, 11) is 0. The molecule has 1 amide bonds. The topological polar surface area (TPSA) is 46.9 Å². The van der Waals surface area contributed by atoms with Gasteiger partial charge in [-0.3, -0.25) is 4.79 Å². The quantitative estimate of drug-likeness (QED) is 0.533. The second-order valence-electron chi connectivity index (χ2n) is 6.49. The van der Waals surface area contributed by atoms with Crippen LogP contribution in [0.2, 0.25) is 0 Å². The highest BCUT2D eigenvalue weighted by Crippen LogP contribution is 2.23. The van der Waals surface area contributed by atoms with E-state index in [9.17, 15) is 9.18 Å². The van der Waals surface area contributed by atoms with E-state index in [4.69, 9.17) is 0 Å². The molecule has 1 N–H and O–H groups in total. The lowest BCUT2D eigenvalue weighted by Crippen LogP contribution is -2.17. The van der Waals surface area contributed by atoms with Gasteiger partial charge in [0.15, 0.2) is 0 Å². The predicted molar refractivity (Wildman–Crippen MR) is 108 cm³/mol. The van der Waals surface area contributed by atoms with Crippen LogP contribution in [-0.2, 0) is 0 Å². The average molecular weight is 371 g/mol. The van der Waals surface area contributed by atoms with E-state index in [0.29, 0.717) is 17.1 Å². The van der Waals surface area contributed by atoms with Crippen molar-refractivity contribution in [3.63, 3.8) is 0 Å². The molecule has 0 aliphatic rings. The second kappa shape index (κ2) is 7.48. The highest BCUT2D eigenvalue weighted by atomic mass is 19.1. The van der Waals surface area contributed by atoms with Crippen LogP contribution in [0.15, 0.2) is 84.9 Å². The summed E-state index contributed by atoms with van der Waals surface area (Å²) in [6, 6.07) is 24.9. The smallest absolute Gasteiger partial charge is 0.274 e. The molecule has 5 heteroatoms. The number of rotatable bonds is 4. The monoisotopic (exact) mass is 371 g/mol. The molecule has 138 valence electrons. The Kier molecular flexibility index (Phi) is 4.72. The maximum atomic E-state index is 13.1. The average Bonchev–Trinajstić information content (AvgIpc) is 3.17. The van der Waals surface area contributed by atoms with Crippen molar-refractivity contribution in [3.05, 3.63) is 102 Å². The van der Waals surface area contributed by atoms with Gasteiger partial charge in [0.25, 0.3) is 5.91 Å². The lowest BCUT2D eigenvalue weighted by atomic mass is 10.1. The largest absolute Gasteiger partial charge is 0.321 e. The van der Waals surface area contributed by atoms with Gasteiger partial charge in [0.2, 0.25) is 0 Å². The van der Waals surface area contributed by atoms with Crippen molar-refractivity contribution >= 4 is 11.6 Å². The van der Waals surface area contributed by atoms with Crippen molar-refractivity contribution in [2.45, 2.75) is 6.92 Å². The molecule has 0 radical (unpaired) electrons. The first-order valence-electron chi connectivity index (χ1n) is 8.89. The lowest BCUT2D eigenvalue weighted by molar-refractivity contribution is 0.101. The molecule has 0 saturated carbocycles. The van der Waals surface area contributed by atoms with Gasteiger partial charge in [-0.1, -0.05) is 48.0 Å². The van der Waals surface area contributed by atoms with Gasteiger partial charge in [-0.2, -0.15) is 5.10 Å². The molecule has 1 aromatic heterocycles. The number of anilines is 1. The van der Waals surface area contributed by atoms with Gasteiger partial charge < -0.3 is 5.32 Å². The van der Waals surface area contributed by atoms with Crippen LogP contribution in [0, 0.1) is 12.7 Å². The summed E-state index contributed by atoms with van der Waals surface area (Å²) < 4.78 is 14.8. The molecule has 1 heterocycles. The number of aromatic nitrogens is 2. The summed E-state index contributed by atoms with van der Waals surface area (Å²) in [5.74, 6) is -0.670. The van der Waals surface area contributed by atoms with E-state index < -0.39 is 0 Å². The molecule has 0 aliphatic carbocycles. The van der Waals surface area contributed by atoms with Crippen LogP contribution in [0.25, 0.3) is 16.9 Å². The standard InChI is InChI=1S/C23H18FN3O/c1-16-7-13-20(14-8-16)27-22(15-21(26-27)17-5-3-2-4-6-17)23(28)25-19-11-9-18(24)10-12-19/h2-15H,1H3,(H,25,28). The summed E-state index contributed by atoms with van der Waals surface area (Å²) >= 11 is 0. The first kappa shape index (κ1) is 17.7. The van der Waals surface area contributed by atoms with Gasteiger partial charge in [0.1, 0.15) is 11.5 Å². The Morgan fingerprint density at radius 2 is 1.61 bits per heavy atom. The maximum absolute atomic E-state index is 13.1. The molecule has 0 unspecified atom stereocenters. The first-order chi connectivity index (χ1) is 13.6. The highest BCUT2D eigenvalue weighted by Gasteiger charge is 2.18. The molecule has 3 aromatic carbocycles. The van der Waals surface area contributed by atoms with Crippen LogP contribution in [0.5, 0.6) is 0 Å². The van der Waals surface area contributed by atoms with Crippen LogP contribution in [0.3, 0.4) is 0 Å². The molecule has 0 bridgehead atoms. The fraction of sp³-hybridized carbons (Fsp3) is 0.0435. The minimum absolute atomic E-state index is 0.318. The summed E-state index contributed by atoms with van der Waals surface area (Å²) in [6.45, 7) is 2.00. The van der Waals surface area contributed by atoms with E-state index in [1.54, 1.807) is 10.7 Å². The number of hydrogen-bond acceptors (Lipinski definition) is 2. The summed E-state index contributed by atoms with van der Waals surface area (Å²) in [5, 5.41) is 7.46. The number of carbonyl (C=O) groups excluding carboxylic acids is 1. The van der Waals surface area contributed by atoms with Crippen LogP contribution in [-0.4, -0.2) is 15.7 Å². The molecule has 0 spiro atoms. The molecule has 4 nitrogen and oxygen atoms in total. The number of aryl methyl sites for hydroxylation is 1. The van der Waals surface area contributed by atoms with E-state index >= 15 is 0 Å². The number of hydrogen-bond donors (Lipinski definition) is 1. The van der Waals surface area contributed by atoms with Crippen LogP contribution < -0.4 is 5.32 Å². The van der Waals surface area contributed by atoms with Crippen LogP contribution in [0.1, 0.15) is 16.1 Å². The summed E-state index contributed by atoms with van der Waals surface area (Å²) in [6.07, 6.45) is 0. The van der Waals surface area contributed by atoms with Gasteiger partial charge in [-0.05, 0) is 49.4 Å². The number of halogens is 1. The Morgan fingerprint density at radius 3 is 2.29 bits per heavy atom. The predicted octanol–water partition coefficient (Wildman–Crippen LogP) is 5.24. The fourth-order valence-corrected chi connectivity index (χ4v) is 2.90. The van der Waals surface area contributed by atoms with Gasteiger partial charge >= 0.3 is 0 Å². The zero-order valence-electron chi connectivity index (χ0n) is 15.3. The van der Waals surface area contributed by atoms with E-state index in [-0.39, 0.29) is 11.7 Å². The summed E-state index contributed by atoms with van der Waals surface area (Å²) in [4.78, 5) is 12.9. The number of nitrogens with zero attached hydrogens (tertiary/aromatic N) is 2. The maximum Gasteiger partial charge on any atom is 0.274 e. The van der Waals surface area contributed by atoms with E-state index in [2.05, 4.69) is 10.4 Å². The highest BCUT2D eigenvalue weighted by molar-refractivity contribution is 6.04. The van der Waals surface area contributed by atoms with Crippen molar-refractivity contribution in [3.8, 4) is 16.9 Å².